The van der Waals surface area contributed by atoms with Crippen molar-refractivity contribution in [2.24, 2.45) is 0 Å². The van der Waals surface area contributed by atoms with Crippen molar-refractivity contribution in [1.82, 2.24) is 0 Å². The normalized spacial score (nSPS) is 11.2. The zero-order valence-electron chi connectivity index (χ0n) is 7.18. The Balaban J connectivity index is 3.56. The maximum Gasteiger partial charge on any atom is 0.306 e. The number of carbonyl (C=O) groups excluding carboxylic acids is 1. The molecule has 0 aliphatic carbocycles. The number of esters is 1. The highest BCUT2D eigenvalue weighted by Gasteiger charge is 2.12. The summed E-state index contributed by atoms with van der Waals surface area (Å²) in [5.74, 6) is -0.209. The summed E-state index contributed by atoms with van der Waals surface area (Å²) in [4.78, 5) is 10.4. The molecule has 10 heavy (non-hydrogen) atoms. The highest BCUT2D eigenvalue weighted by atomic mass is 16.5. The number of nitrogens with zero attached hydrogens (tertiary/aromatic N) is 1. The van der Waals surface area contributed by atoms with Gasteiger partial charge in [0.15, 0.2) is 0 Å². The van der Waals surface area contributed by atoms with Crippen LogP contribution in [0.15, 0.2) is 0 Å². The third-order valence-electron chi connectivity index (χ3n) is 1.47. The molecule has 0 radical (unpaired) electrons. The van der Waals surface area contributed by atoms with Gasteiger partial charge in [-0.05, 0) is 6.92 Å². The summed E-state index contributed by atoms with van der Waals surface area (Å²) in [5.41, 5.74) is 0. The van der Waals surface area contributed by atoms with Gasteiger partial charge in [0.2, 0.25) is 6.73 Å². The van der Waals surface area contributed by atoms with Crippen molar-refractivity contribution in [2.75, 3.05) is 27.4 Å². The molecule has 0 bridgehead atoms. The molecule has 0 aliphatic rings. The Morgan fingerprint density at radius 1 is 1.50 bits per heavy atom. The molecule has 3 heteroatoms. The molecule has 0 fully saturated rings. The van der Waals surface area contributed by atoms with Gasteiger partial charge in [0.25, 0.3) is 0 Å². The quantitative estimate of drug-likeness (QED) is 0.331. The predicted molar refractivity (Wildman–Crippen MR) is 39.3 cm³/mol. The van der Waals surface area contributed by atoms with Crippen molar-refractivity contribution in [2.45, 2.75) is 13.8 Å². The van der Waals surface area contributed by atoms with E-state index in [1.807, 2.05) is 14.1 Å². The van der Waals surface area contributed by atoms with E-state index < -0.39 is 0 Å². The van der Waals surface area contributed by atoms with Crippen LogP contribution >= 0.6 is 0 Å². The first-order valence-electron chi connectivity index (χ1n) is 3.43. The first-order valence-corrected chi connectivity index (χ1v) is 3.43. The Kier molecular flexibility index (Phi) is 3.36. The van der Waals surface area contributed by atoms with Crippen molar-refractivity contribution in [3.8, 4) is 0 Å². The van der Waals surface area contributed by atoms with Crippen LogP contribution in [0.3, 0.4) is 0 Å². The SMILES string of the molecule is CC[N+](C)(C)COC(C)=O. The van der Waals surface area contributed by atoms with Crippen LogP contribution < -0.4 is 0 Å². The molecule has 0 rings (SSSR count). The van der Waals surface area contributed by atoms with Gasteiger partial charge in [0.05, 0.1) is 20.6 Å². The van der Waals surface area contributed by atoms with Gasteiger partial charge in [-0.3, -0.25) is 9.28 Å². The number of hydrogen-bond acceptors (Lipinski definition) is 2. The Morgan fingerprint density at radius 2 is 2.00 bits per heavy atom. The second-order valence-electron chi connectivity index (χ2n) is 3.02. The number of rotatable bonds is 3. The second kappa shape index (κ2) is 3.56. The number of hydrogen-bond donors (Lipinski definition) is 0. The van der Waals surface area contributed by atoms with Crippen molar-refractivity contribution < 1.29 is 14.0 Å². The minimum absolute atomic E-state index is 0.209. The Morgan fingerprint density at radius 3 is 2.30 bits per heavy atom. The fourth-order valence-corrected chi connectivity index (χ4v) is 0.357. The van der Waals surface area contributed by atoms with Crippen LogP contribution in [0.1, 0.15) is 13.8 Å². The molecule has 60 valence electrons. The highest BCUT2D eigenvalue weighted by Crippen LogP contribution is 1.95. The molecule has 0 aromatic rings. The number of quaternary nitrogens is 1. The van der Waals surface area contributed by atoms with E-state index in [2.05, 4.69) is 6.92 Å². The summed E-state index contributed by atoms with van der Waals surface area (Å²) < 4.78 is 5.55. The minimum Gasteiger partial charge on any atom is -0.415 e. The van der Waals surface area contributed by atoms with E-state index in [4.69, 9.17) is 4.74 Å². The third-order valence-corrected chi connectivity index (χ3v) is 1.47. The first-order chi connectivity index (χ1) is 4.48. The molecule has 0 aromatic heterocycles. The average Bonchev–Trinajstić information content (AvgIpc) is 1.85. The molecule has 0 spiro atoms. The maximum absolute atomic E-state index is 10.4. The van der Waals surface area contributed by atoms with E-state index in [0.717, 1.165) is 11.0 Å². The van der Waals surface area contributed by atoms with E-state index in [1.165, 1.54) is 6.92 Å². The van der Waals surface area contributed by atoms with Crippen LogP contribution in [-0.2, 0) is 9.53 Å². The molecule has 0 unspecified atom stereocenters. The van der Waals surface area contributed by atoms with Gasteiger partial charge >= 0.3 is 5.97 Å². The third kappa shape index (κ3) is 4.32. The van der Waals surface area contributed by atoms with E-state index in [0.29, 0.717) is 6.73 Å². The van der Waals surface area contributed by atoms with Gasteiger partial charge < -0.3 is 4.74 Å². The molecule has 0 aliphatic heterocycles. The summed E-state index contributed by atoms with van der Waals surface area (Å²) in [7, 11) is 4.03. The summed E-state index contributed by atoms with van der Waals surface area (Å²) in [6.07, 6.45) is 0. The standard InChI is InChI=1S/C7H16NO2/c1-5-8(3,4)6-10-7(2)9/h5-6H2,1-4H3/q+1. The van der Waals surface area contributed by atoms with Crippen LogP contribution in [0, 0.1) is 0 Å². The topological polar surface area (TPSA) is 26.3 Å². The molecule has 0 heterocycles. The van der Waals surface area contributed by atoms with Gasteiger partial charge in [0.1, 0.15) is 0 Å². The Hall–Kier alpha value is -0.570. The van der Waals surface area contributed by atoms with Gasteiger partial charge in [-0.2, -0.15) is 0 Å². The van der Waals surface area contributed by atoms with Crippen LogP contribution in [0.25, 0.3) is 0 Å². The van der Waals surface area contributed by atoms with Crippen molar-refractivity contribution >= 4 is 5.97 Å². The number of carbonyl (C=O) groups is 1. The smallest absolute Gasteiger partial charge is 0.306 e. The first kappa shape index (κ1) is 9.43. The van der Waals surface area contributed by atoms with Crippen LogP contribution in [0.4, 0.5) is 0 Å². The van der Waals surface area contributed by atoms with Gasteiger partial charge in [-0.25, -0.2) is 0 Å². The largest absolute Gasteiger partial charge is 0.415 e. The fourth-order valence-electron chi connectivity index (χ4n) is 0.357. The molecule has 0 saturated carbocycles. The van der Waals surface area contributed by atoms with Crippen LogP contribution in [-0.4, -0.2) is 37.8 Å². The van der Waals surface area contributed by atoms with Crippen LogP contribution in [0.5, 0.6) is 0 Å². The molecule has 0 atom stereocenters. The minimum atomic E-state index is -0.209. The lowest BCUT2D eigenvalue weighted by Crippen LogP contribution is -2.41. The fraction of sp³-hybridized carbons (Fsp3) is 0.857. The molecule has 0 amide bonds. The lowest BCUT2D eigenvalue weighted by Gasteiger charge is -2.26. The van der Waals surface area contributed by atoms with Gasteiger partial charge in [-0.15, -0.1) is 0 Å². The van der Waals surface area contributed by atoms with Gasteiger partial charge in [-0.1, -0.05) is 0 Å². The maximum atomic E-state index is 10.4. The summed E-state index contributed by atoms with van der Waals surface area (Å²) in [5, 5.41) is 0. The molecular formula is C7H16NO2+. The lowest BCUT2D eigenvalue weighted by atomic mass is 10.5. The summed E-state index contributed by atoms with van der Waals surface area (Å²) >= 11 is 0. The zero-order chi connectivity index (χ0) is 8.20. The van der Waals surface area contributed by atoms with Crippen molar-refractivity contribution in [3.05, 3.63) is 0 Å². The average molecular weight is 146 g/mol. The van der Waals surface area contributed by atoms with Crippen molar-refractivity contribution in [1.29, 1.82) is 0 Å². The summed E-state index contributed by atoms with van der Waals surface area (Å²) in [6, 6.07) is 0. The number of ether oxygens (including phenoxy) is 1. The zero-order valence-corrected chi connectivity index (χ0v) is 7.18. The molecule has 3 nitrogen and oxygen atoms in total. The Labute approximate surface area is 62.2 Å². The van der Waals surface area contributed by atoms with E-state index in [9.17, 15) is 4.79 Å². The van der Waals surface area contributed by atoms with Gasteiger partial charge in [0, 0.05) is 6.92 Å². The van der Waals surface area contributed by atoms with E-state index in [1.54, 1.807) is 0 Å². The van der Waals surface area contributed by atoms with E-state index >= 15 is 0 Å². The highest BCUT2D eigenvalue weighted by molar-refractivity contribution is 5.65. The molecule has 0 N–H and O–H groups in total. The second-order valence-corrected chi connectivity index (χ2v) is 3.02. The molecular weight excluding hydrogens is 130 g/mol. The lowest BCUT2D eigenvalue weighted by molar-refractivity contribution is -0.905. The predicted octanol–water partition coefficient (Wildman–Crippen LogP) is 0.603. The summed E-state index contributed by atoms with van der Waals surface area (Å²) in [6.45, 7) is 4.91. The molecule has 0 saturated heterocycles. The monoisotopic (exact) mass is 146 g/mol. The van der Waals surface area contributed by atoms with Crippen LogP contribution in [0.2, 0.25) is 0 Å². The van der Waals surface area contributed by atoms with E-state index in [-0.39, 0.29) is 5.97 Å². The molecule has 0 aromatic carbocycles. The van der Waals surface area contributed by atoms with Crippen molar-refractivity contribution in [3.63, 3.8) is 0 Å². The Bertz CT molecular complexity index is 121.